The Bertz CT molecular complexity index is 910. The Morgan fingerprint density at radius 1 is 1.14 bits per heavy atom. The first-order valence-electron chi connectivity index (χ1n) is 9.91. The van der Waals surface area contributed by atoms with E-state index in [1.807, 2.05) is 37.3 Å². The van der Waals surface area contributed by atoms with Gasteiger partial charge in [0.05, 0.1) is 18.2 Å². The number of ether oxygens (including phenoxy) is 1. The number of amides is 2. The minimum absolute atomic E-state index is 0.0593. The van der Waals surface area contributed by atoms with E-state index in [-0.39, 0.29) is 18.0 Å². The van der Waals surface area contributed by atoms with Crippen molar-refractivity contribution in [1.82, 2.24) is 4.90 Å². The number of hydrogen-bond donors (Lipinski definition) is 0. The first-order valence-corrected chi connectivity index (χ1v) is 9.91. The van der Waals surface area contributed by atoms with Gasteiger partial charge >= 0.3 is 12.0 Å². The van der Waals surface area contributed by atoms with Gasteiger partial charge < -0.3 is 14.5 Å². The molecule has 0 N–H and O–H groups in total. The van der Waals surface area contributed by atoms with Crippen LogP contribution < -0.4 is 9.80 Å². The van der Waals surface area contributed by atoms with E-state index in [1.165, 1.54) is 5.56 Å². The van der Waals surface area contributed by atoms with E-state index < -0.39 is 0 Å². The Labute approximate surface area is 172 Å². The molecular formula is C23H29N3O3. The van der Waals surface area contributed by atoms with Crippen LogP contribution in [-0.2, 0) is 11.2 Å². The molecule has 1 aliphatic rings. The van der Waals surface area contributed by atoms with E-state index in [0.29, 0.717) is 12.2 Å². The van der Waals surface area contributed by atoms with Gasteiger partial charge in [-0.1, -0.05) is 12.1 Å². The predicted octanol–water partition coefficient (Wildman–Crippen LogP) is 4.10. The van der Waals surface area contributed by atoms with Crippen LogP contribution in [-0.4, -0.2) is 51.7 Å². The van der Waals surface area contributed by atoms with Crippen LogP contribution in [0.4, 0.5) is 16.2 Å². The van der Waals surface area contributed by atoms with Gasteiger partial charge in [0.25, 0.3) is 0 Å². The van der Waals surface area contributed by atoms with Gasteiger partial charge in [0, 0.05) is 39.6 Å². The molecule has 0 saturated heterocycles. The smallest absolute Gasteiger partial charge is 0.338 e. The summed E-state index contributed by atoms with van der Waals surface area (Å²) in [5.41, 5.74) is 4.92. The van der Waals surface area contributed by atoms with Crippen molar-refractivity contribution in [2.45, 2.75) is 25.8 Å². The van der Waals surface area contributed by atoms with E-state index >= 15 is 0 Å². The maximum Gasteiger partial charge on any atom is 0.338 e. The maximum absolute atomic E-state index is 12.3. The van der Waals surface area contributed by atoms with Gasteiger partial charge in [-0.15, -0.1) is 0 Å². The number of fused-ring (bicyclic) bond motifs is 1. The number of esters is 1. The standard InChI is InChI=1S/C23H29N3O3/c1-6-29-22(27)18-11-13-21-17(14-18)10-12-20(26(21)5)16-8-7-9-19(15-16)25(4)23(28)24(2)3/h7-9,11,13-15,20H,6,10,12H2,1-5H3. The molecule has 154 valence electrons. The van der Waals surface area contributed by atoms with Gasteiger partial charge in [0.2, 0.25) is 0 Å². The van der Waals surface area contributed by atoms with Crippen molar-refractivity contribution in [2.75, 3.05) is 44.6 Å². The zero-order valence-corrected chi connectivity index (χ0v) is 17.8. The van der Waals surface area contributed by atoms with E-state index in [0.717, 1.165) is 29.8 Å². The minimum Gasteiger partial charge on any atom is -0.462 e. The van der Waals surface area contributed by atoms with Gasteiger partial charge in [-0.05, 0) is 61.2 Å². The second-order valence-corrected chi connectivity index (χ2v) is 7.56. The Morgan fingerprint density at radius 2 is 1.90 bits per heavy atom. The largest absolute Gasteiger partial charge is 0.462 e. The number of rotatable bonds is 4. The summed E-state index contributed by atoms with van der Waals surface area (Å²) in [5, 5.41) is 0. The average molecular weight is 396 g/mol. The van der Waals surface area contributed by atoms with Gasteiger partial charge in [-0.2, -0.15) is 0 Å². The van der Waals surface area contributed by atoms with E-state index in [4.69, 9.17) is 4.74 Å². The molecular weight excluding hydrogens is 366 g/mol. The second kappa shape index (κ2) is 8.55. The van der Waals surface area contributed by atoms with Crippen LogP contribution in [0.25, 0.3) is 0 Å². The molecule has 2 aromatic carbocycles. The highest BCUT2D eigenvalue weighted by Crippen LogP contribution is 2.38. The fourth-order valence-electron chi connectivity index (χ4n) is 3.87. The van der Waals surface area contributed by atoms with E-state index in [1.54, 1.807) is 30.9 Å². The lowest BCUT2D eigenvalue weighted by molar-refractivity contribution is 0.0526. The molecule has 0 fully saturated rings. The Balaban J connectivity index is 1.85. The summed E-state index contributed by atoms with van der Waals surface area (Å²) in [4.78, 5) is 29.8. The number of aryl methyl sites for hydroxylation is 1. The highest BCUT2D eigenvalue weighted by molar-refractivity contribution is 5.91. The van der Waals surface area contributed by atoms with Gasteiger partial charge in [-0.25, -0.2) is 9.59 Å². The summed E-state index contributed by atoms with van der Waals surface area (Å²) >= 11 is 0. The summed E-state index contributed by atoms with van der Waals surface area (Å²) in [6.07, 6.45) is 1.82. The van der Waals surface area contributed by atoms with Gasteiger partial charge in [-0.3, -0.25) is 4.90 Å². The molecule has 0 radical (unpaired) electrons. The van der Waals surface area contributed by atoms with Crippen molar-refractivity contribution < 1.29 is 14.3 Å². The van der Waals surface area contributed by atoms with E-state index in [9.17, 15) is 9.59 Å². The van der Waals surface area contributed by atoms with Crippen LogP contribution in [0.3, 0.4) is 0 Å². The van der Waals surface area contributed by atoms with Crippen molar-refractivity contribution in [1.29, 1.82) is 0 Å². The maximum atomic E-state index is 12.3. The third kappa shape index (κ3) is 4.21. The van der Waals surface area contributed by atoms with Crippen molar-refractivity contribution in [2.24, 2.45) is 0 Å². The molecule has 0 aliphatic carbocycles. The molecule has 3 rings (SSSR count). The molecule has 6 nitrogen and oxygen atoms in total. The molecule has 2 amide bonds. The van der Waals surface area contributed by atoms with Crippen molar-refractivity contribution in [3.8, 4) is 0 Å². The van der Waals surface area contributed by atoms with Crippen LogP contribution in [0.1, 0.15) is 40.9 Å². The van der Waals surface area contributed by atoms with Crippen molar-refractivity contribution in [3.63, 3.8) is 0 Å². The summed E-state index contributed by atoms with van der Waals surface area (Å²) in [6.45, 7) is 2.19. The number of carbonyl (C=O) groups is 2. The van der Waals surface area contributed by atoms with Crippen LogP contribution in [0.5, 0.6) is 0 Å². The predicted molar refractivity (Wildman–Crippen MR) is 116 cm³/mol. The zero-order valence-electron chi connectivity index (χ0n) is 17.8. The lowest BCUT2D eigenvalue weighted by Crippen LogP contribution is -2.36. The molecule has 0 spiro atoms. The topological polar surface area (TPSA) is 53.1 Å². The second-order valence-electron chi connectivity index (χ2n) is 7.56. The molecule has 0 saturated carbocycles. The third-order valence-electron chi connectivity index (χ3n) is 5.44. The van der Waals surface area contributed by atoms with Crippen molar-refractivity contribution in [3.05, 3.63) is 59.2 Å². The number of carbonyl (C=O) groups excluding carboxylic acids is 2. The van der Waals surface area contributed by atoms with Crippen LogP contribution >= 0.6 is 0 Å². The monoisotopic (exact) mass is 395 g/mol. The summed E-state index contributed by atoms with van der Waals surface area (Å²) in [5.74, 6) is -0.277. The van der Waals surface area contributed by atoms with E-state index in [2.05, 4.69) is 24.1 Å². The number of benzene rings is 2. The molecule has 29 heavy (non-hydrogen) atoms. The highest BCUT2D eigenvalue weighted by atomic mass is 16.5. The van der Waals surface area contributed by atoms with Gasteiger partial charge in [0.1, 0.15) is 0 Å². The minimum atomic E-state index is -0.277. The summed E-state index contributed by atoms with van der Waals surface area (Å²) in [7, 11) is 7.37. The molecule has 1 atom stereocenters. The Morgan fingerprint density at radius 3 is 2.59 bits per heavy atom. The number of hydrogen-bond acceptors (Lipinski definition) is 4. The highest BCUT2D eigenvalue weighted by Gasteiger charge is 2.26. The van der Waals surface area contributed by atoms with Crippen LogP contribution in [0.2, 0.25) is 0 Å². The first-order chi connectivity index (χ1) is 13.8. The normalized spacial score (nSPS) is 15.5. The fourth-order valence-corrected chi connectivity index (χ4v) is 3.87. The summed E-state index contributed by atoms with van der Waals surface area (Å²) in [6, 6.07) is 14.1. The molecule has 0 aromatic heterocycles. The van der Waals surface area contributed by atoms with Crippen LogP contribution in [0.15, 0.2) is 42.5 Å². The van der Waals surface area contributed by atoms with Crippen molar-refractivity contribution >= 4 is 23.4 Å². The molecule has 0 bridgehead atoms. The molecule has 1 unspecified atom stereocenters. The lowest BCUT2D eigenvalue weighted by Gasteiger charge is -2.37. The third-order valence-corrected chi connectivity index (χ3v) is 5.44. The SMILES string of the molecule is CCOC(=O)c1ccc2c(c1)CCC(c1cccc(N(C)C(=O)N(C)C)c1)N2C. The molecule has 6 heteroatoms. The Kier molecular flexibility index (Phi) is 6.11. The van der Waals surface area contributed by atoms with Gasteiger partial charge in [0.15, 0.2) is 0 Å². The Hall–Kier alpha value is -3.02. The number of urea groups is 1. The quantitative estimate of drug-likeness (QED) is 0.732. The summed E-state index contributed by atoms with van der Waals surface area (Å²) < 4.78 is 5.12. The number of anilines is 2. The molecule has 2 aromatic rings. The molecule has 1 aliphatic heterocycles. The van der Waals surface area contributed by atoms with Crippen LogP contribution in [0, 0.1) is 0 Å². The first kappa shape index (κ1) is 20.7. The zero-order chi connectivity index (χ0) is 21.1. The molecule has 1 heterocycles. The lowest BCUT2D eigenvalue weighted by atomic mass is 9.90. The average Bonchev–Trinajstić information content (AvgIpc) is 2.72. The number of nitrogens with zero attached hydrogens (tertiary/aromatic N) is 3. The fraction of sp³-hybridized carbons (Fsp3) is 0.391.